The van der Waals surface area contributed by atoms with Crippen LogP contribution in [0.3, 0.4) is 0 Å². The average molecular weight is 1270 g/mol. The molecule has 38 atom stereocenters. The molecule has 16 N–H and O–H groups in total. The van der Waals surface area contributed by atoms with Crippen LogP contribution in [0.25, 0.3) is 0 Å². The lowest BCUT2D eigenvalue weighted by Gasteiger charge is -2.62. The van der Waals surface area contributed by atoms with Crippen molar-refractivity contribution in [2.45, 2.75) is 264 Å². The molecule has 506 valence electrons. The molecule has 7 aliphatic heterocycles. The normalized spacial score (nSPS) is 56.4. The van der Waals surface area contributed by atoms with E-state index in [2.05, 4.69) is 27.7 Å². The summed E-state index contributed by atoms with van der Waals surface area (Å²) in [6, 6.07) is 0. The molecule has 88 heavy (non-hydrogen) atoms. The van der Waals surface area contributed by atoms with Gasteiger partial charge in [0.1, 0.15) is 110 Å². The quantitative estimate of drug-likeness (QED) is 0.0536. The number of hydrogen-bond acceptors (Lipinski definition) is 30. The molecule has 0 aromatic rings. The Kier molecular flexibility index (Phi) is 20.4. The molecule has 11 fully saturated rings. The zero-order valence-electron chi connectivity index (χ0n) is 50.0. The second-order valence-electron chi connectivity index (χ2n) is 27.5. The Hall–Kier alpha value is -1.65. The summed E-state index contributed by atoms with van der Waals surface area (Å²) >= 11 is 0. The Bertz CT molecular complexity index is 2340. The smallest absolute Gasteiger partial charge is 0.303 e. The Morgan fingerprint density at radius 2 is 1.06 bits per heavy atom. The van der Waals surface area contributed by atoms with Gasteiger partial charge in [-0.05, 0) is 85.4 Å². The van der Waals surface area contributed by atoms with Gasteiger partial charge in [0.15, 0.2) is 43.3 Å². The third-order valence-corrected chi connectivity index (χ3v) is 22.5. The number of rotatable bonds is 15. The second kappa shape index (κ2) is 26.5. The summed E-state index contributed by atoms with van der Waals surface area (Å²) < 4.78 is 78.3. The highest BCUT2D eigenvalue weighted by Gasteiger charge is 2.73. The van der Waals surface area contributed by atoms with Gasteiger partial charge in [0, 0.05) is 25.2 Å². The summed E-state index contributed by atoms with van der Waals surface area (Å²) in [4.78, 5) is 11.6. The average Bonchev–Trinajstić information content (AvgIpc) is 1.50. The summed E-state index contributed by atoms with van der Waals surface area (Å²) in [6.07, 6.45) is -42.5. The van der Waals surface area contributed by atoms with Crippen molar-refractivity contribution in [3.63, 3.8) is 0 Å². The van der Waals surface area contributed by atoms with Gasteiger partial charge >= 0.3 is 5.97 Å². The van der Waals surface area contributed by atoms with Crippen LogP contribution in [0, 0.1) is 52.3 Å². The largest absolute Gasteiger partial charge is 0.457 e. The van der Waals surface area contributed by atoms with Crippen LogP contribution in [0.4, 0.5) is 0 Å². The van der Waals surface area contributed by atoms with Crippen LogP contribution in [-0.2, 0) is 66.4 Å². The summed E-state index contributed by atoms with van der Waals surface area (Å²) in [5.41, 5.74) is -0.674. The van der Waals surface area contributed by atoms with E-state index in [0.29, 0.717) is 18.9 Å². The third kappa shape index (κ3) is 11.9. The number of carbonyl (C=O) groups is 1. The molecule has 30 nitrogen and oxygen atoms in total. The lowest BCUT2D eigenvalue weighted by atomic mass is 9.44. The standard InChI is InChI=1S/C58H94O30/c1-20-8-11-58(77-18-20)21(2)33-47(88-58)39(69)34-24-7-6-23-12-27(26(64)13-57(23,5)25(24)9-10-56(33,34)4)79-55-50(87-54-45(75)49(38(68)30(16-61)82-54)86-52-42(72)40(70)35(65)28(14-59)80-52)43(73)46(31(17-62)83-55)84-53-44(74)48(37(67)29(15-60)81-53)85-51-41(71)36(66)32(19-76-51)78-22(3)63/h20-21,23-55,59-62,64-75H,6-19H2,1-5H3/t20-,21+,23+,24-,25+,26-,27-,28-,29-,30-,31-,32-,33+,34-,35-,36+,37-,38+,39+,40+,41+,42-,43+,44-,45-,46+,47-,48+,49+,50-,51+,52+,53+,54+,55-,56-,57+,58-/m1/s1. The maximum Gasteiger partial charge on any atom is 0.303 e. The van der Waals surface area contributed by atoms with Crippen LogP contribution in [-0.4, -0.2) is 305 Å². The highest BCUT2D eigenvalue weighted by molar-refractivity contribution is 5.66. The fourth-order valence-electron chi connectivity index (χ4n) is 17.7. The summed E-state index contributed by atoms with van der Waals surface area (Å²) in [5.74, 6) is -0.829. The van der Waals surface area contributed by atoms with E-state index < -0.39 is 216 Å². The van der Waals surface area contributed by atoms with Crippen molar-refractivity contribution in [3.8, 4) is 0 Å². The number of fused-ring (bicyclic) bond motifs is 7. The highest BCUT2D eigenvalue weighted by Crippen LogP contribution is 2.71. The fourth-order valence-corrected chi connectivity index (χ4v) is 17.7. The Labute approximate surface area is 508 Å². The van der Waals surface area contributed by atoms with E-state index in [9.17, 15) is 86.5 Å². The van der Waals surface area contributed by atoms with Gasteiger partial charge in [-0.2, -0.15) is 0 Å². The molecule has 0 radical (unpaired) electrons. The summed E-state index contributed by atoms with van der Waals surface area (Å²) in [7, 11) is 0. The van der Waals surface area contributed by atoms with Crippen molar-refractivity contribution in [1.29, 1.82) is 0 Å². The van der Waals surface area contributed by atoms with Gasteiger partial charge < -0.3 is 143 Å². The Morgan fingerprint density at radius 3 is 1.65 bits per heavy atom. The maximum absolute atomic E-state index is 12.7. The Morgan fingerprint density at radius 1 is 0.500 bits per heavy atom. The molecule has 4 saturated carbocycles. The number of aliphatic hydroxyl groups is 16. The SMILES string of the molecule is CC(=O)O[C@@H]1CO[C@@H](O[C@@H]2[C@@H](O)[C@H](O[C@@H]3[C@H](O)[C@@H](O[C@@H]4O[C@H](CO)[C@H](O)[C@H](O[C@@H]5O[C@H](CO)[C@@H](O)[C@H](O)[C@H]5O)[C@H]4O)[C@H](O[C@@H]4C[C@@H]5CC[C@H]6[C@@H]7[C@H](O)[C@@H]8O[C@]9(CC[C@@H](C)CO9)[C@@H](C)[C@@H]8[C@@]7(C)CC[C@@H]6[C@@]5(C)C[C@H]4O)O[C@@H]3CO)O[C@H](CO)[C@H]2O)[C@@H](O)[C@H]1O. The van der Waals surface area contributed by atoms with Crippen molar-refractivity contribution < 1.29 is 148 Å². The molecular weight excluding hydrogens is 1180 g/mol. The molecule has 0 amide bonds. The van der Waals surface area contributed by atoms with Crippen molar-refractivity contribution in [2.75, 3.05) is 39.6 Å². The van der Waals surface area contributed by atoms with E-state index in [1.54, 1.807) is 0 Å². The molecule has 0 aromatic heterocycles. The van der Waals surface area contributed by atoms with Crippen molar-refractivity contribution in [2.24, 2.45) is 52.3 Å². The lowest BCUT2D eigenvalue weighted by molar-refractivity contribution is -0.404. The lowest BCUT2D eigenvalue weighted by Crippen LogP contribution is -2.68. The Balaban J connectivity index is 0.842. The minimum atomic E-state index is -2.16. The maximum atomic E-state index is 12.7. The highest BCUT2D eigenvalue weighted by atomic mass is 16.8. The molecule has 30 heteroatoms. The molecule has 0 unspecified atom stereocenters. The first-order valence-corrected chi connectivity index (χ1v) is 31.3. The molecule has 4 aliphatic carbocycles. The van der Waals surface area contributed by atoms with E-state index in [-0.39, 0.29) is 59.9 Å². The molecule has 0 bridgehead atoms. The van der Waals surface area contributed by atoms with E-state index >= 15 is 0 Å². The number of ether oxygens (including phenoxy) is 13. The molecule has 1 spiro atoms. The first kappa shape index (κ1) is 67.8. The zero-order valence-corrected chi connectivity index (χ0v) is 50.0. The summed E-state index contributed by atoms with van der Waals surface area (Å²) in [5, 5.41) is 179. The van der Waals surface area contributed by atoms with Crippen molar-refractivity contribution in [1.82, 2.24) is 0 Å². The number of aliphatic hydroxyl groups excluding tert-OH is 16. The van der Waals surface area contributed by atoms with Gasteiger partial charge in [0.05, 0.1) is 64.1 Å². The van der Waals surface area contributed by atoms with Gasteiger partial charge in [-0.1, -0.05) is 27.7 Å². The van der Waals surface area contributed by atoms with Crippen LogP contribution in [0.5, 0.6) is 0 Å². The van der Waals surface area contributed by atoms with E-state index in [1.165, 1.54) is 0 Å². The van der Waals surface area contributed by atoms with Crippen LogP contribution in [0.15, 0.2) is 0 Å². The summed E-state index contributed by atoms with van der Waals surface area (Å²) in [6.45, 7) is 6.35. The van der Waals surface area contributed by atoms with Gasteiger partial charge in [-0.25, -0.2) is 0 Å². The second-order valence-corrected chi connectivity index (χ2v) is 27.5. The van der Waals surface area contributed by atoms with Gasteiger partial charge in [0.2, 0.25) is 0 Å². The van der Waals surface area contributed by atoms with E-state index in [0.717, 1.165) is 39.0 Å². The van der Waals surface area contributed by atoms with Crippen LogP contribution >= 0.6 is 0 Å². The fraction of sp³-hybridized carbons (Fsp3) is 0.983. The third-order valence-electron chi connectivity index (χ3n) is 22.5. The molecule has 7 saturated heterocycles. The van der Waals surface area contributed by atoms with Crippen molar-refractivity contribution >= 4 is 5.97 Å². The zero-order chi connectivity index (χ0) is 63.4. The topological polar surface area (TPSA) is 461 Å². The first-order valence-electron chi connectivity index (χ1n) is 31.3. The molecule has 0 aromatic carbocycles. The minimum Gasteiger partial charge on any atom is -0.457 e. The predicted octanol–water partition coefficient (Wildman–Crippen LogP) is -5.93. The molecular formula is C58H94O30. The van der Waals surface area contributed by atoms with Crippen molar-refractivity contribution in [3.05, 3.63) is 0 Å². The van der Waals surface area contributed by atoms with Crippen LogP contribution in [0.1, 0.15) is 86.0 Å². The van der Waals surface area contributed by atoms with Crippen LogP contribution < -0.4 is 0 Å². The molecule has 11 aliphatic rings. The van der Waals surface area contributed by atoms with Gasteiger partial charge in [-0.3, -0.25) is 4.79 Å². The number of hydrogen-bond donors (Lipinski definition) is 16. The van der Waals surface area contributed by atoms with E-state index in [1.807, 2.05) is 0 Å². The number of carbonyl (C=O) groups excluding carboxylic acids is 1. The molecule has 7 heterocycles. The number of esters is 1. The van der Waals surface area contributed by atoms with E-state index in [4.69, 9.17) is 61.6 Å². The van der Waals surface area contributed by atoms with Crippen LogP contribution in [0.2, 0.25) is 0 Å². The molecule has 11 rings (SSSR count). The first-order chi connectivity index (χ1) is 41.7. The predicted molar refractivity (Wildman–Crippen MR) is 287 cm³/mol. The monoisotopic (exact) mass is 1270 g/mol. The van der Waals surface area contributed by atoms with Gasteiger partial charge in [0.25, 0.3) is 0 Å². The minimum absolute atomic E-state index is 0.0533. The van der Waals surface area contributed by atoms with Gasteiger partial charge in [-0.15, -0.1) is 0 Å².